The predicted molar refractivity (Wildman–Crippen MR) is 123 cm³/mol. The maximum atomic E-state index is 12.4. The molecule has 0 saturated heterocycles. The molecule has 4 aromatic rings. The minimum atomic E-state index is -2.71. The maximum absolute atomic E-state index is 12.4. The highest BCUT2D eigenvalue weighted by Gasteiger charge is 2.24. The molecule has 4 heterocycles. The summed E-state index contributed by atoms with van der Waals surface area (Å²) in [5.74, 6) is 1.40. The summed E-state index contributed by atoms with van der Waals surface area (Å²) in [5, 5.41) is 7.91. The highest BCUT2D eigenvalue weighted by Crippen LogP contribution is 2.27. The number of alkyl halides is 2. The van der Waals surface area contributed by atoms with Crippen molar-refractivity contribution in [2.24, 2.45) is 0 Å². The van der Waals surface area contributed by atoms with Gasteiger partial charge in [0, 0.05) is 31.5 Å². The number of aromatic nitrogens is 6. The van der Waals surface area contributed by atoms with Gasteiger partial charge in [-0.05, 0) is 50.8 Å². The van der Waals surface area contributed by atoms with Gasteiger partial charge in [-0.15, -0.1) is 5.10 Å². The molecule has 0 amide bonds. The SMILES string of the molecule is COCCn1c(C)nc2ccc(-c3ccn4nc(N[C@H]5CC[C@H](OC(F)F)CC5)ncc34)nc21. The molecule has 0 bridgehead atoms. The number of fused-ring (bicyclic) bond motifs is 2. The van der Waals surface area contributed by atoms with Crippen molar-refractivity contribution >= 4 is 22.6 Å². The molecule has 4 aromatic heterocycles. The normalized spacial score (nSPS) is 18.9. The van der Waals surface area contributed by atoms with Crippen LogP contribution in [0.5, 0.6) is 0 Å². The summed E-state index contributed by atoms with van der Waals surface area (Å²) in [6.07, 6.45) is 5.91. The number of hydrogen-bond donors (Lipinski definition) is 1. The van der Waals surface area contributed by atoms with Crippen LogP contribution in [0.4, 0.5) is 14.7 Å². The van der Waals surface area contributed by atoms with Crippen LogP contribution in [-0.4, -0.2) is 61.6 Å². The third-order valence-corrected chi connectivity index (χ3v) is 6.30. The van der Waals surface area contributed by atoms with E-state index in [-0.39, 0.29) is 12.1 Å². The minimum Gasteiger partial charge on any atom is -0.383 e. The quantitative estimate of drug-likeness (QED) is 0.414. The van der Waals surface area contributed by atoms with Gasteiger partial charge in [0.25, 0.3) is 0 Å². The van der Waals surface area contributed by atoms with E-state index in [0.29, 0.717) is 31.9 Å². The summed E-state index contributed by atoms with van der Waals surface area (Å²) in [7, 11) is 1.68. The Labute approximate surface area is 195 Å². The molecule has 1 saturated carbocycles. The molecule has 34 heavy (non-hydrogen) atoms. The van der Waals surface area contributed by atoms with Gasteiger partial charge in [0.1, 0.15) is 11.3 Å². The van der Waals surface area contributed by atoms with Gasteiger partial charge in [-0.3, -0.25) is 0 Å². The number of pyridine rings is 1. The lowest BCUT2D eigenvalue weighted by atomic mass is 9.93. The van der Waals surface area contributed by atoms with Gasteiger partial charge >= 0.3 is 6.61 Å². The molecule has 0 radical (unpaired) electrons. The van der Waals surface area contributed by atoms with Crippen molar-refractivity contribution in [1.82, 2.24) is 29.1 Å². The first-order chi connectivity index (χ1) is 16.5. The first-order valence-corrected chi connectivity index (χ1v) is 11.4. The highest BCUT2D eigenvalue weighted by molar-refractivity contribution is 5.82. The summed E-state index contributed by atoms with van der Waals surface area (Å²) in [6.45, 7) is 0.511. The Morgan fingerprint density at radius 2 is 1.97 bits per heavy atom. The fourth-order valence-electron chi connectivity index (χ4n) is 4.57. The Kier molecular flexibility index (Phi) is 6.38. The van der Waals surface area contributed by atoms with Crippen molar-refractivity contribution in [2.75, 3.05) is 19.0 Å². The summed E-state index contributed by atoms with van der Waals surface area (Å²) < 4.78 is 38.5. The standard InChI is InChI=1S/C23H27F2N7O2/c1-14-27-19-8-7-18(29-21(19)31(14)11-12-33-2)17-9-10-32-20(17)13-26-23(30-32)28-15-3-5-16(6-4-15)34-22(24)25/h7-10,13,15-16,22H,3-6,11-12H2,1-2H3,(H,28,30)/t15-,16-. The summed E-state index contributed by atoms with van der Waals surface area (Å²) >= 11 is 0. The van der Waals surface area contributed by atoms with E-state index in [1.807, 2.05) is 31.3 Å². The molecule has 0 atom stereocenters. The molecule has 1 fully saturated rings. The number of nitrogens with zero attached hydrogens (tertiary/aromatic N) is 6. The number of anilines is 1. The average Bonchev–Trinajstić information content (AvgIpc) is 3.38. The Morgan fingerprint density at radius 3 is 2.74 bits per heavy atom. The molecule has 11 heteroatoms. The molecule has 180 valence electrons. The molecular formula is C23H27F2N7O2. The number of ether oxygens (including phenoxy) is 2. The first-order valence-electron chi connectivity index (χ1n) is 11.4. The van der Waals surface area contributed by atoms with Crippen LogP contribution in [0.1, 0.15) is 31.5 Å². The number of methoxy groups -OCH3 is 1. The first kappa shape index (κ1) is 22.6. The van der Waals surface area contributed by atoms with Crippen LogP contribution in [-0.2, 0) is 16.0 Å². The van der Waals surface area contributed by atoms with Crippen LogP contribution in [0.2, 0.25) is 0 Å². The molecular weight excluding hydrogens is 444 g/mol. The molecule has 5 rings (SSSR count). The molecule has 1 aliphatic rings. The van der Waals surface area contributed by atoms with E-state index >= 15 is 0 Å². The third-order valence-electron chi connectivity index (χ3n) is 6.30. The van der Waals surface area contributed by atoms with Gasteiger partial charge in [0.05, 0.1) is 30.1 Å². The minimum absolute atomic E-state index is 0.129. The Hall–Kier alpha value is -3.18. The van der Waals surface area contributed by atoms with Crippen LogP contribution < -0.4 is 5.32 Å². The van der Waals surface area contributed by atoms with E-state index in [0.717, 1.165) is 46.6 Å². The number of aryl methyl sites for hydroxylation is 1. The van der Waals surface area contributed by atoms with E-state index in [1.165, 1.54) is 0 Å². The maximum Gasteiger partial charge on any atom is 0.345 e. The zero-order valence-corrected chi connectivity index (χ0v) is 19.1. The summed E-state index contributed by atoms with van der Waals surface area (Å²) in [4.78, 5) is 14.0. The summed E-state index contributed by atoms with van der Waals surface area (Å²) in [6, 6.07) is 6.03. The second kappa shape index (κ2) is 9.59. The summed E-state index contributed by atoms with van der Waals surface area (Å²) in [5.41, 5.74) is 4.24. The molecule has 0 unspecified atom stereocenters. The zero-order chi connectivity index (χ0) is 23.7. The monoisotopic (exact) mass is 471 g/mol. The Balaban J connectivity index is 1.34. The van der Waals surface area contributed by atoms with Crippen LogP contribution in [0.25, 0.3) is 27.9 Å². The fraction of sp³-hybridized carbons (Fsp3) is 0.478. The smallest absolute Gasteiger partial charge is 0.345 e. The van der Waals surface area contributed by atoms with E-state index in [2.05, 4.69) is 29.7 Å². The molecule has 9 nitrogen and oxygen atoms in total. The van der Waals surface area contributed by atoms with Crippen molar-refractivity contribution in [3.05, 3.63) is 36.4 Å². The van der Waals surface area contributed by atoms with Gasteiger partial charge in [0.15, 0.2) is 5.65 Å². The fourth-order valence-corrected chi connectivity index (χ4v) is 4.57. The number of nitrogens with one attached hydrogen (secondary N) is 1. The van der Waals surface area contributed by atoms with Gasteiger partial charge in [-0.25, -0.2) is 19.5 Å². The lowest BCUT2D eigenvalue weighted by molar-refractivity contribution is -0.169. The van der Waals surface area contributed by atoms with Crippen molar-refractivity contribution in [3.63, 3.8) is 0 Å². The number of imidazole rings is 1. The molecule has 0 spiro atoms. The lowest BCUT2D eigenvalue weighted by Gasteiger charge is -2.28. The molecule has 1 N–H and O–H groups in total. The largest absolute Gasteiger partial charge is 0.383 e. The Morgan fingerprint density at radius 1 is 1.15 bits per heavy atom. The molecule has 0 aromatic carbocycles. The number of halogens is 2. The predicted octanol–water partition coefficient (Wildman–Crippen LogP) is 4.06. The number of rotatable bonds is 8. The third kappa shape index (κ3) is 4.58. The zero-order valence-electron chi connectivity index (χ0n) is 19.1. The lowest BCUT2D eigenvalue weighted by Crippen LogP contribution is -2.31. The van der Waals surface area contributed by atoms with E-state index in [1.54, 1.807) is 17.8 Å². The topological polar surface area (TPSA) is 91.4 Å². The van der Waals surface area contributed by atoms with Crippen molar-refractivity contribution < 1.29 is 18.3 Å². The van der Waals surface area contributed by atoms with E-state index in [9.17, 15) is 8.78 Å². The van der Waals surface area contributed by atoms with E-state index in [4.69, 9.17) is 9.72 Å². The molecule has 1 aliphatic carbocycles. The van der Waals surface area contributed by atoms with Crippen LogP contribution in [0, 0.1) is 6.92 Å². The second-order valence-electron chi connectivity index (χ2n) is 8.50. The highest BCUT2D eigenvalue weighted by atomic mass is 19.3. The van der Waals surface area contributed by atoms with Crippen molar-refractivity contribution in [2.45, 2.75) is 57.9 Å². The van der Waals surface area contributed by atoms with Crippen LogP contribution >= 0.6 is 0 Å². The van der Waals surface area contributed by atoms with Crippen molar-refractivity contribution in [3.8, 4) is 11.3 Å². The number of hydrogen-bond acceptors (Lipinski definition) is 7. The van der Waals surface area contributed by atoms with Gasteiger partial charge < -0.3 is 19.4 Å². The van der Waals surface area contributed by atoms with Gasteiger partial charge in [-0.1, -0.05) is 0 Å². The van der Waals surface area contributed by atoms with Crippen molar-refractivity contribution in [1.29, 1.82) is 0 Å². The second-order valence-corrected chi connectivity index (χ2v) is 8.50. The van der Waals surface area contributed by atoms with Gasteiger partial charge in [0.2, 0.25) is 5.95 Å². The van der Waals surface area contributed by atoms with E-state index < -0.39 is 6.61 Å². The van der Waals surface area contributed by atoms with Crippen LogP contribution in [0.15, 0.2) is 30.6 Å². The molecule has 0 aliphatic heterocycles. The Bertz CT molecular complexity index is 1280. The van der Waals surface area contributed by atoms with Crippen LogP contribution in [0.3, 0.4) is 0 Å². The van der Waals surface area contributed by atoms with Gasteiger partial charge in [-0.2, -0.15) is 8.78 Å². The average molecular weight is 472 g/mol.